The molecule has 7 heteroatoms. The molecule has 114 valence electrons. The molecule has 0 radical (unpaired) electrons. The molecule has 2 rings (SSSR count). The van der Waals surface area contributed by atoms with Crippen molar-refractivity contribution in [2.75, 3.05) is 5.32 Å². The SMILES string of the molecule is Cc1cc(Br)c(F)cc1NC(=O)NC1(C(=O)O)CCCC1. The molecule has 0 aliphatic heterocycles. The van der Waals surface area contributed by atoms with Gasteiger partial charge >= 0.3 is 12.0 Å². The van der Waals surface area contributed by atoms with Crippen molar-refractivity contribution in [2.45, 2.75) is 38.1 Å². The monoisotopic (exact) mass is 358 g/mol. The lowest BCUT2D eigenvalue weighted by Crippen LogP contribution is -2.53. The van der Waals surface area contributed by atoms with Crippen LogP contribution >= 0.6 is 15.9 Å². The first-order valence-corrected chi connectivity index (χ1v) is 7.41. The molecule has 1 aliphatic carbocycles. The highest BCUT2D eigenvalue weighted by Gasteiger charge is 2.42. The van der Waals surface area contributed by atoms with Crippen molar-refractivity contribution in [1.82, 2.24) is 5.32 Å². The number of halogens is 2. The molecule has 0 bridgehead atoms. The summed E-state index contributed by atoms with van der Waals surface area (Å²) in [5, 5.41) is 14.3. The van der Waals surface area contributed by atoms with Crippen LogP contribution in [0.4, 0.5) is 14.9 Å². The van der Waals surface area contributed by atoms with E-state index in [1.165, 1.54) is 6.07 Å². The van der Waals surface area contributed by atoms with Crippen LogP contribution in [0.15, 0.2) is 16.6 Å². The number of amides is 2. The van der Waals surface area contributed by atoms with Gasteiger partial charge in [0.25, 0.3) is 0 Å². The number of carbonyl (C=O) groups excluding carboxylic acids is 1. The molecule has 0 heterocycles. The van der Waals surface area contributed by atoms with Crippen LogP contribution in [0.1, 0.15) is 31.2 Å². The van der Waals surface area contributed by atoms with Crippen molar-refractivity contribution in [1.29, 1.82) is 0 Å². The highest BCUT2D eigenvalue weighted by atomic mass is 79.9. The van der Waals surface area contributed by atoms with Gasteiger partial charge in [-0.3, -0.25) is 0 Å². The summed E-state index contributed by atoms with van der Waals surface area (Å²) < 4.78 is 13.8. The molecule has 2 amide bonds. The molecule has 1 fully saturated rings. The van der Waals surface area contributed by atoms with E-state index in [1.807, 2.05) is 0 Å². The Bertz CT molecular complexity index is 586. The largest absolute Gasteiger partial charge is 0.480 e. The molecular weight excluding hydrogens is 343 g/mol. The van der Waals surface area contributed by atoms with Crippen molar-refractivity contribution in [3.63, 3.8) is 0 Å². The van der Waals surface area contributed by atoms with E-state index in [0.717, 1.165) is 12.8 Å². The van der Waals surface area contributed by atoms with Crippen LogP contribution in [-0.4, -0.2) is 22.6 Å². The van der Waals surface area contributed by atoms with Gasteiger partial charge in [0, 0.05) is 5.69 Å². The predicted octanol–water partition coefficient (Wildman–Crippen LogP) is 3.42. The summed E-state index contributed by atoms with van der Waals surface area (Å²) in [7, 11) is 0. The average molecular weight is 359 g/mol. The van der Waals surface area contributed by atoms with Crippen molar-refractivity contribution in [2.24, 2.45) is 0 Å². The molecular formula is C14H16BrFN2O3. The Morgan fingerprint density at radius 3 is 2.52 bits per heavy atom. The fourth-order valence-electron chi connectivity index (χ4n) is 2.52. The molecule has 0 aromatic heterocycles. The van der Waals surface area contributed by atoms with Gasteiger partial charge in [0.2, 0.25) is 0 Å². The zero-order chi connectivity index (χ0) is 15.6. The fourth-order valence-corrected chi connectivity index (χ4v) is 2.98. The standard InChI is InChI=1S/C14H16BrFN2O3/c1-8-6-9(15)10(16)7-11(8)17-13(21)18-14(12(19)20)4-2-3-5-14/h6-7H,2-5H2,1H3,(H,19,20)(H2,17,18,21). The number of carboxylic acid groups (broad SMARTS) is 1. The molecule has 0 saturated heterocycles. The minimum Gasteiger partial charge on any atom is -0.480 e. The molecule has 0 spiro atoms. The van der Waals surface area contributed by atoms with Gasteiger partial charge < -0.3 is 15.7 Å². The first kappa shape index (κ1) is 15.8. The van der Waals surface area contributed by atoms with E-state index in [4.69, 9.17) is 0 Å². The van der Waals surface area contributed by atoms with Gasteiger partial charge in [0.05, 0.1) is 4.47 Å². The Labute approximate surface area is 130 Å². The summed E-state index contributed by atoms with van der Waals surface area (Å²) >= 11 is 3.06. The molecule has 3 N–H and O–H groups in total. The van der Waals surface area contributed by atoms with Crippen molar-refractivity contribution >= 4 is 33.6 Å². The zero-order valence-electron chi connectivity index (χ0n) is 11.5. The number of hydrogen-bond donors (Lipinski definition) is 3. The minimum atomic E-state index is -1.22. The molecule has 1 aromatic rings. The second kappa shape index (κ2) is 6.01. The average Bonchev–Trinajstić information content (AvgIpc) is 2.85. The van der Waals surface area contributed by atoms with Gasteiger partial charge in [0.15, 0.2) is 0 Å². The third-order valence-electron chi connectivity index (χ3n) is 3.73. The molecule has 0 atom stereocenters. The summed E-state index contributed by atoms with van der Waals surface area (Å²) in [6.07, 6.45) is 2.34. The van der Waals surface area contributed by atoms with Crippen LogP contribution in [0.5, 0.6) is 0 Å². The highest BCUT2D eigenvalue weighted by Crippen LogP contribution is 2.30. The summed E-state index contributed by atoms with van der Waals surface area (Å²) in [6, 6.07) is 2.11. The number of carbonyl (C=O) groups is 2. The topological polar surface area (TPSA) is 78.4 Å². The van der Waals surface area contributed by atoms with E-state index >= 15 is 0 Å². The van der Waals surface area contributed by atoms with Crippen molar-refractivity contribution < 1.29 is 19.1 Å². The Morgan fingerprint density at radius 1 is 1.33 bits per heavy atom. The number of urea groups is 1. The maximum absolute atomic E-state index is 13.5. The van der Waals surface area contributed by atoms with Crippen LogP contribution in [0, 0.1) is 12.7 Å². The smallest absolute Gasteiger partial charge is 0.329 e. The highest BCUT2D eigenvalue weighted by molar-refractivity contribution is 9.10. The number of aryl methyl sites for hydroxylation is 1. The maximum Gasteiger partial charge on any atom is 0.329 e. The lowest BCUT2D eigenvalue weighted by molar-refractivity contribution is -0.144. The Morgan fingerprint density at radius 2 is 1.95 bits per heavy atom. The first-order valence-electron chi connectivity index (χ1n) is 6.62. The lowest BCUT2D eigenvalue weighted by Gasteiger charge is -2.25. The van der Waals surface area contributed by atoms with Crippen LogP contribution in [-0.2, 0) is 4.79 Å². The van der Waals surface area contributed by atoms with E-state index in [-0.39, 0.29) is 0 Å². The second-order valence-corrected chi connectivity index (χ2v) is 6.11. The van der Waals surface area contributed by atoms with E-state index < -0.39 is 23.4 Å². The number of benzene rings is 1. The van der Waals surface area contributed by atoms with E-state index in [1.54, 1.807) is 13.0 Å². The summed E-state index contributed by atoms with van der Waals surface area (Å²) in [5.41, 5.74) is -0.229. The van der Waals surface area contributed by atoms with Crippen molar-refractivity contribution in [3.8, 4) is 0 Å². The van der Waals surface area contributed by atoms with E-state index in [9.17, 15) is 19.1 Å². The number of carboxylic acids is 1. The zero-order valence-corrected chi connectivity index (χ0v) is 13.1. The molecule has 21 heavy (non-hydrogen) atoms. The van der Waals surface area contributed by atoms with Crippen molar-refractivity contribution in [3.05, 3.63) is 28.0 Å². The van der Waals surface area contributed by atoms with Crippen LogP contribution in [0.3, 0.4) is 0 Å². The van der Waals surface area contributed by atoms with Crippen LogP contribution in [0.2, 0.25) is 0 Å². The number of rotatable bonds is 3. The number of hydrogen-bond acceptors (Lipinski definition) is 2. The third-order valence-corrected chi connectivity index (χ3v) is 4.34. The number of anilines is 1. The van der Waals surface area contributed by atoms with Gasteiger partial charge in [-0.2, -0.15) is 0 Å². The van der Waals surface area contributed by atoms with Gasteiger partial charge in [-0.25, -0.2) is 14.0 Å². The summed E-state index contributed by atoms with van der Waals surface area (Å²) in [5.74, 6) is -1.53. The van der Waals surface area contributed by atoms with Crippen LogP contribution < -0.4 is 10.6 Å². The van der Waals surface area contributed by atoms with E-state index in [0.29, 0.717) is 28.6 Å². The van der Waals surface area contributed by atoms with Crippen LogP contribution in [0.25, 0.3) is 0 Å². The molecule has 1 aliphatic rings. The Hall–Kier alpha value is -1.63. The Kier molecular flexibility index (Phi) is 4.51. The quantitative estimate of drug-likeness (QED) is 0.774. The lowest BCUT2D eigenvalue weighted by atomic mass is 9.98. The third kappa shape index (κ3) is 3.34. The van der Waals surface area contributed by atoms with E-state index in [2.05, 4.69) is 26.6 Å². The molecule has 1 aromatic carbocycles. The second-order valence-electron chi connectivity index (χ2n) is 5.25. The van der Waals surface area contributed by atoms with Gasteiger partial charge in [-0.05, 0) is 53.4 Å². The van der Waals surface area contributed by atoms with Gasteiger partial charge in [-0.15, -0.1) is 0 Å². The fraction of sp³-hybridized carbons (Fsp3) is 0.429. The normalized spacial score (nSPS) is 16.5. The molecule has 5 nitrogen and oxygen atoms in total. The molecule has 1 saturated carbocycles. The maximum atomic E-state index is 13.5. The van der Waals surface area contributed by atoms with Gasteiger partial charge in [-0.1, -0.05) is 12.8 Å². The summed E-state index contributed by atoms with van der Waals surface area (Å²) in [4.78, 5) is 23.4. The predicted molar refractivity (Wildman–Crippen MR) is 79.8 cm³/mol. The van der Waals surface area contributed by atoms with Gasteiger partial charge in [0.1, 0.15) is 11.4 Å². The minimum absolute atomic E-state index is 0.309. The first-order chi connectivity index (χ1) is 9.84. The Balaban J connectivity index is 2.12. The summed E-state index contributed by atoms with van der Waals surface area (Å²) in [6.45, 7) is 1.72. The number of nitrogens with one attached hydrogen (secondary N) is 2. The molecule has 0 unspecified atom stereocenters. The number of aliphatic carboxylic acids is 1.